The Labute approximate surface area is 126 Å². The van der Waals surface area contributed by atoms with E-state index >= 15 is 0 Å². The van der Waals surface area contributed by atoms with E-state index in [2.05, 4.69) is 5.32 Å². The molecule has 1 amide bonds. The number of carboxylic acids is 1. The van der Waals surface area contributed by atoms with Crippen molar-refractivity contribution in [3.05, 3.63) is 16.0 Å². The van der Waals surface area contributed by atoms with Crippen molar-refractivity contribution < 1.29 is 24.2 Å². The third kappa shape index (κ3) is 3.07. The summed E-state index contributed by atoms with van der Waals surface area (Å²) in [5, 5.41) is 11.8. The zero-order chi connectivity index (χ0) is 15.6. The topological polar surface area (TPSA) is 92.7 Å². The summed E-state index contributed by atoms with van der Waals surface area (Å²) in [7, 11) is 1.29. The molecule has 1 aliphatic rings. The zero-order valence-corrected chi connectivity index (χ0v) is 12.7. The Balaban J connectivity index is 2.34. The molecule has 0 fully saturated rings. The van der Waals surface area contributed by atoms with Crippen molar-refractivity contribution >= 4 is 34.2 Å². The van der Waals surface area contributed by atoms with Gasteiger partial charge in [-0.1, -0.05) is 0 Å². The van der Waals surface area contributed by atoms with Gasteiger partial charge in [0, 0.05) is 4.88 Å². The largest absolute Gasteiger partial charge is 0.481 e. The Morgan fingerprint density at radius 2 is 1.95 bits per heavy atom. The predicted molar refractivity (Wildman–Crippen MR) is 77.7 cm³/mol. The van der Waals surface area contributed by atoms with Crippen LogP contribution in [-0.4, -0.2) is 30.1 Å². The monoisotopic (exact) mass is 311 g/mol. The van der Waals surface area contributed by atoms with Crippen LogP contribution in [0.4, 0.5) is 5.00 Å². The average molecular weight is 311 g/mol. The molecule has 114 valence electrons. The number of carbonyl (C=O) groups is 3. The van der Waals surface area contributed by atoms with E-state index in [1.807, 2.05) is 0 Å². The molecule has 1 atom stereocenters. The molecule has 1 aromatic heterocycles. The molecule has 0 saturated carbocycles. The van der Waals surface area contributed by atoms with Gasteiger partial charge in [0.2, 0.25) is 5.91 Å². The molecule has 0 bridgehead atoms. The van der Waals surface area contributed by atoms with Crippen LogP contribution in [0, 0.1) is 5.92 Å². The first kappa shape index (κ1) is 15.5. The minimum absolute atomic E-state index is 0.378. The zero-order valence-electron chi connectivity index (χ0n) is 11.9. The number of carbonyl (C=O) groups excluding carboxylic acids is 2. The molecule has 2 rings (SSSR count). The Morgan fingerprint density at radius 3 is 2.57 bits per heavy atom. The van der Waals surface area contributed by atoms with Crippen molar-refractivity contribution in [2.75, 3.05) is 12.4 Å². The third-order valence-electron chi connectivity index (χ3n) is 3.56. The van der Waals surface area contributed by atoms with Gasteiger partial charge in [-0.25, -0.2) is 4.79 Å². The van der Waals surface area contributed by atoms with Crippen LogP contribution in [0.3, 0.4) is 0 Å². The Bertz CT molecular complexity index is 592. The standard InChI is InChI=1S/C14H17NO5S/c1-7(13(17)18)11(16)15-12-10(14(19)20-2)8-5-3-4-6-9(8)21-12/h7H,3-6H2,1-2H3,(H,15,16)(H,17,18). The fourth-order valence-corrected chi connectivity index (χ4v) is 3.58. The summed E-state index contributed by atoms with van der Waals surface area (Å²) in [5.41, 5.74) is 1.31. The Hall–Kier alpha value is -1.89. The molecule has 0 aliphatic heterocycles. The van der Waals surface area contributed by atoms with Crippen LogP contribution in [0.5, 0.6) is 0 Å². The van der Waals surface area contributed by atoms with Crippen molar-refractivity contribution in [2.24, 2.45) is 5.92 Å². The number of esters is 1. The lowest BCUT2D eigenvalue weighted by molar-refractivity contribution is -0.144. The number of hydrogen-bond acceptors (Lipinski definition) is 5. The van der Waals surface area contributed by atoms with Crippen molar-refractivity contribution in [2.45, 2.75) is 32.6 Å². The lowest BCUT2D eigenvalue weighted by Gasteiger charge is -2.12. The molecule has 0 saturated heterocycles. The number of amides is 1. The molecule has 2 N–H and O–H groups in total. The highest BCUT2D eigenvalue weighted by Gasteiger charge is 2.29. The second-order valence-corrected chi connectivity index (χ2v) is 6.06. The summed E-state index contributed by atoms with van der Waals surface area (Å²) in [5.74, 6) is -3.50. The molecule has 0 spiro atoms. The molecule has 1 unspecified atom stereocenters. The molecule has 21 heavy (non-hydrogen) atoms. The van der Waals surface area contributed by atoms with Crippen molar-refractivity contribution in [1.29, 1.82) is 0 Å². The third-order valence-corrected chi connectivity index (χ3v) is 4.77. The second-order valence-electron chi connectivity index (χ2n) is 4.96. The van der Waals surface area contributed by atoms with Gasteiger partial charge in [0.1, 0.15) is 10.9 Å². The van der Waals surface area contributed by atoms with Gasteiger partial charge in [-0.05, 0) is 38.2 Å². The van der Waals surface area contributed by atoms with E-state index in [-0.39, 0.29) is 0 Å². The lowest BCUT2D eigenvalue weighted by Crippen LogP contribution is -2.27. The summed E-state index contributed by atoms with van der Waals surface area (Å²) < 4.78 is 4.79. The van der Waals surface area contributed by atoms with Crippen molar-refractivity contribution in [1.82, 2.24) is 0 Å². The van der Waals surface area contributed by atoms with E-state index in [0.29, 0.717) is 10.6 Å². The quantitative estimate of drug-likeness (QED) is 0.656. The second kappa shape index (κ2) is 6.26. The molecule has 7 heteroatoms. The predicted octanol–water partition coefficient (Wildman–Crippen LogP) is 2.07. The number of ether oxygens (including phenoxy) is 1. The fraction of sp³-hybridized carbons (Fsp3) is 0.500. The van der Waals surface area contributed by atoms with Crippen molar-refractivity contribution in [3.63, 3.8) is 0 Å². The van der Waals surface area contributed by atoms with Crippen LogP contribution in [0.1, 0.15) is 40.6 Å². The van der Waals surface area contributed by atoms with Gasteiger partial charge in [-0.3, -0.25) is 9.59 Å². The van der Waals surface area contributed by atoms with Gasteiger partial charge < -0.3 is 15.2 Å². The molecule has 1 aromatic rings. The number of fused-ring (bicyclic) bond motifs is 1. The average Bonchev–Trinajstić information content (AvgIpc) is 2.83. The first-order valence-corrected chi connectivity index (χ1v) is 7.53. The highest BCUT2D eigenvalue weighted by atomic mass is 32.1. The van der Waals surface area contributed by atoms with E-state index in [1.165, 1.54) is 25.4 Å². The van der Waals surface area contributed by atoms with Crippen LogP contribution in [0.2, 0.25) is 0 Å². The Kier molecular flexibility index (Phi) is 4.62. The number of aryl methyl sites for hydroxylation is 1. The minimum Gasteiger partial charge on any atom is -0.481 e. The number of carboxylic acid groups (broad SMARTS) is 1. The number of nitrogens with one attached hydrogen (secondary N) is 1. The van der Waals surface area contributed by atoms with E-state index < -0.39 is 23.8 Å². The number of methoxy groups -OCH3 is 1. The maximum atomic E-state index is 12.0. The summed E-state index contributed by atoms with van der Waals surface area (Å²) in [4.78, 5) is 35.8. The van der Waals surface area contributed by atoms with Crippen LogP contribution in [-0.2, 0) is 27.2 Å². The number of anilines is 1. The normalized spacial score (nSPS) is 15.0. The van der Waals surface area contributed by atoms with Crippen LogP contribution >= 0.6 is 11.3 Å². The van der Waals surface area contributed by atoms with Crippen LogP contribution < -0.4 is 5.32 Å². The van der Waals surface area contributed by atoms with E-state index in [1.54, 1.807) is 0 Å². The number of rotatable bonds is 4. The van der Waals surface area contributed by atoms with Crippen LogP contribution in [0.25, 0.3) is 0 Å². The molecule has 0 aromatic carbocycles. The highest BCUT2D eigenvalue weighted by Crippen LogP contribution is 2.38. The molecule has 0 radical (unpaired) electrons. The Morgan fingerprint density at radius 1 is 1.29 bits per heavy atom. The van der Waals surface area contributed by atoms with Gasteiger partial charge in [0.25, 0.3) is 0 Å². The molecule has 1 aliphatic carbocycles. The molecular weight excluding hydrogens is 294 g/mol. The summed E-state index contributed by atoms with van der Waals surface area (Å²) in [6.07, 6.45) is 3.69. The number of thiophene rings is 1. The summed E-state index contributed by atoms with van der Waals surface area (Å²) in [6.45, 7) is 1.31. The lowest BCUT2D eigenvalue weighted by atomic mass is 9.95. The molecular formula is C14H17NO5S. The highest BCUT2D eigenvalue weighted by molar-refractivity contribution is 7.17. The van der Waals surface area contributed by atoms with Gasteiger partial charge in [-0.2, -0.15) is 0 Å². The molecule has 1 heterocycles. The molecule has 6 nitrogen and oxygen atoms in total. The van der Waals surface area contributed by atoms with Crippen molar-refractivity contribution in [3.8, 4) is 0 Å². The van der Waals surface area contributed by atoms with Crippen LogP contribution in [0.15, 0.2) is 0 Å². The van der Waals surface area contributed by atoms with Gasteiger partial charge >= 0.3 is 11.9 Å². The first-order valence-electron chi connectivity index (χ1n) is 6.72. The van der Waals surface area contributed by atoms with Gasteiger partial charge in [-0.15, -0.1) is 11.3 Å². The summed E-state index contributed by atoms with van der Waals surface area (Å²) in [6, 6.07) is 0. The number of hydrogen-bond donors (Lipinski definition) is 2. The SMILES string of the molecule is COC(=O)c1c(NC(=O)C(C)C(=O)O)sc2c1CCCC2. The minimum atomic E-state index is -1.20. The van der Waals surface area contributed by atoms with E-state index in [4.69, 9.17) is 9.84 Å². The maximum absolute atomic E-state index is 12.0. The first-order chi connectivity index (χ1) is 9.95. The smallest absolute Gasteiger partial charge is 0.341 e. The van der Waals surface area contributed by atoms with Gasteiger partial charge in [0.05, 0.1) is 12.7 Å². The van der Waals surface area contributed by atoms with E-state index in [0.717, 1.165) is 36.1 Å². The van der Waals surface area contributed by atoms with E-state index in [9.17, 15) is 14.4 Å². The van der Waals surface area contributed by atoms with Gasteiger partial charge in [0.15, 0.2) is 0 Å². The fourth-order valence-electron chi connectivity index (χ4n) is 2.30. The number of aliphatic carboxylic acids is 1. The maximum Gasteiger partial charge on any atom is 0.341 e. The summed E-state index contributed by atoms with van der Waals surface area (Å²) >= 11 is 1.34.